The zero-order valence-electron chi connectivity index (χ0n) is 16.2. The number of rotatable bonds is 4. The number of benzene rings is 2. The van der Waals surface area contributed by atoms with Crippen LogP contribution in [0.25, 0.3) is 17.4 Å². The van der Waals surface area contributed by atoms with E-state index in [0.29, 0.717) is 18.8 Å². The molecule has 0 unspecified atom stereocenters. The summed E-state index contributed by atoms with van der Waals surface area (Å²) in [5.74, 6) is 1.56. The van der Waals surface area contributed by atoms with Gasteiger partial charge in [0.2, 0.25) is 11.8 Å². The van der Waals surface area contributed by atoms with Gasteiger partial charge >= 0.3 is 0 Å². The van der Waals surface area contributed by atoms with Gasteiger partial charge in [-0.25, -0.2) is 0 Å². The SMILES string of the molecule is CC(=O)N1CCc2oc(-c3cccc(NC(=O)C=Cc4ccccc4)c3)cc2C1. The lowest BCUT2D eigenvalue weighted by molar-refractivity contribution is -0.129. The quantitative estimate of drug-likeness (QED) is 0.672. The number of anilines is 1. The molecule has 0 aliphatic carbocycles. The smallest absolute Gasteiger partial charge is 0.248 e. The Morgan fingerprint density at radius 3 is 2.69 bits per heavy atom. The maximum atomic E-state index is 12.2. The first-order chi connectivity index (χ1) is 14.1. The molecular weight excluding hydrogens is 364 g/mol. The molecule has 0 saturated carbocycles. The molecule has 2 aromatic carbocycles. The van der Waals surface area contributed by atoms with Crippen LogP contribution in [0.15, 0.2) is 71.2 Å². The van der Waals surface area contributed by atoms with Crippen molar-refractivity contribution in [2.75, 3.05) is 11.9 Å². The molecule has 3 aromatic rings. The van der Waals surface area contributed by atoms with Gasteiger partial charge in [-0.3, -0.25) is 9.59 Å². The van der Waals surface area contributed by atoms with Crippen molar-refractivity contribution < 1.29 is 14.0 Å². The monoisotopic (exact) mass is 386 g/mol. The number of carbonyl (C=O) groups is 2. The molecular formula is C24H22N2O3. The lowest BCUT2D eigenvalue weighted by atomic mass is 10.1. The summed E-state index contributed by atoms with van der Waals surface area (Å²) < 4.78 is 6.02. The summed E-state index contributed by atoms with van der Waals surface area (Å²) >= 11 is 0. The Kier molecular flexibility index (Phi) is 5.29. The Hall–Kier alpha value is -3.60. The third-order valence-corrected chi connectivity index (χ3v) is 4.95. The third-order valence-electron chi connectivity index (χ3n) is 4.95. The number of fused-ring (bicyclic) bond motifs is 1. The van der Waals surface area contributed by atoms with Crippen molar-refractivity contribution >= 4 is 23.6 Å². The van der Waals surface area contributed by atoms with Gasteiger partial charge in [-0.15, -0.1) is 0 Å². The molecule has 5 heteroatoms. The molecule has 1 aromatic heterocycles. The Morgan fingerprint density at radius 1 is 1.07 bits per heavy atom. The number of amides is 2. The van der Waals surface area contributed by atoms with Crippen LogP contribution in [0.5, 0.6) is 0 Å². The van der Waals surface area contributed by atoms with Gasteiger partial charge in [-0.2, -0.15) is 0 Å². The first-order valence-corrected chi connectivity index (χ1v) is 9.60. The summed E-state index contributed by atoms with van der Waals surface area (Å²) in [6, 6.07) is 19.2. The second-order valence-corrected chi connectivity index (χ2v) is 7.06. The Balaban J connectivity index is 1.47. The predicted octanol–water partition coefficient (Wildman–Crippen LogP) is 4.50. The van der Waals surface area contributed by atoms with Crippen LogP contribution in [-0.4, -0.2) is 23.3 Å². The lowest BCUT2D eigenvalue weighted by Gasteiger charge is -2.24. The number of nitrogens with one attached hydrogen (secondary N) is 1. The van der Waals surface area contributed by atoms with Crippen molar-refractivity contribution in [2.24, 2.45) is 0 Å². The Labute approximate surface area is 169 Å². The molecule has 1 N–H and O–H groups in total. The molecule has 1 aliphatic rings. The molecule has 0 atom stereocenters. The summed E-state index contributed by atoms with van der Waals surface area (Å²) in [6.07, 6.45) is 4.01. The van der Waals surface area contributed by atoms with Gasteiger partial charge in [-0.05, 0) is 29.8 Å². The van der Waals surface area contributed by atoms with E-state index in [1.54, 1.807) is 13.0 Å². The topological polar surface area (TPSA) is 62.6 Å². The fourth-order valence-electron chi connectivity index (χ4n) is 3.41. The van der Waals surface area contributed by atoms with Gasteiger partial charge in [0, 0.05) is 49.3 Å². The van der Waals surface area contributed by atoms with E-state index in [2.05, 4.69) is 5.32 Å². The van der Waals surface area contributed by atoms with Gasteiger partial charge in [0.05, 0.1) is 0 Å². The van der Waals surface area contributed by atoms with Crippen molar-refractivity contribution in [1.29, 1.82) is 0 Å². The van der Waals surface area contributed by atoms with Gasteiger partial charge < -0.3 is 14.6 Å². The van der Waals surface area contributed by atoms with Gasteiger partial charge in [0.25, 0.3) is 0 Å². The minimum absolute atomic E-state index is 0.0756. The summed E-state index contributed by atoms with van der Waals surface area (Å²) in [7, 11) is 0. The van der Waals surface area contributed by atoms with Crippen molar-refractivity contribution in [2.45, 2.75) is 19.9 Å². The highest BCUT2D eigenvalue weighted by molar-refractivity contribution is 6.02. The van der Waals surface area contributed by atoms with Crippen molar-refractivity contribution in [3.63, 3.8) is 0 Å². The highest BCUT2D eigenvalue weighted by Gasteiger charge is 2.22. The largest absolute Gasteiger partial charge is 0.461 e. The first kappa shape index (κ1) is 18.7. The predicted molar refractivity (Wildman–Crippen MR) is 113 cm³/mol. The lowest BCUT2D eigenvalue weighted by Crippen LogP contribution is -2.33. The van der Waals surface area contributed by atoms with Crippen LogP contribution in [0.4, 0.5) is 5.69 Å². The zero-order valence-corrected chi connectivity index (χ0v) is 16.2. The van der Waals surface area contributed by atoms with Crippen LogP contribution >= 0.6 is 0 Å². The first-order valence-electron chi connectivity index (χ1n) is 9.60. The minimum Gasteiger partial charge on any atom is -0.461 e. The molecule has 146 valence electrons. The van der Waals surface area contributed by atoms with E-state index in [0.717, 1.165) is 34.6 Å². The normalized spacial score (nSPS) is 13.3. The van der Waals surface area contributed by atoms with Gasteiger partial charge in [0.15, 0.2) is 0 Å². The summed E-state index contributed by atoms with van der Waals surface area (Å²) in [4.78, 5) is 25.7. The number of nitrogens with zero attached hydrogens (tertiary/aromatic N) is 1. The molecule has 0 fully saturated rings. The summed E-state index contributed by atoms with van der Waals surface area (Å²) in [5, 5.41) is 2.89. The van der Waals surface area contributed by atoms with Crippen LogP contribution in [0, 0.1) is 0 Å². The van der Waals surface area contributed by atoms with E-state index in [9.17, 15) is 9.59 Å². The molecule has 0 saturated heterocycles. The zero-order chi connectivity index (χ0) is 20.2. The molecule has 2 amide bonds. The molecule has 2 heterocycles. The van der Waals surface area contributed by atoms with Crippen LogP contribution in [0.1, 0.15) is 23.8 Å². The van der Waals surface area contributed by atoms with Crippen molar-refractivity contribution in [3.05, 3.63) is 83.6 Å². The third kappa shape index (κ3) is 4.46. The standard InChI is InChI=1S/C24H22N2O3/c1-17(27)26-13-12-22-20(16-26)15-23(29-22)19-8-5-9-21(14-19)25-24(28)11-10-18-6-3-2-4-7-18/h2-11,14-15H,12-13,16H2,1H3,(H,25,28). The van der Waals surface area contributed by atoms with Crippen molar-refractivity contribution in [3.8, 4) is 11.3 Å². The molecule has 29 heavy (non-hydrogen) atoms. The number of hydrogen-bond acceptors (Lipinski definition) is 3. The minimum atomic E-state index is -0.193. The van der Waals surface area contributed by atoms with E-state index in [-0.39, 0.29) is 11.8 Å². The van der Waals surface area contributed by atoms with E-state index >= 15 is 0 Å². The van der Waals surface area contributed by atoms with E-state index in [1.807, 2.05) is 65.6 Å². The fraction of sp³-hybridized carbons (Fsp3) is 0.167. The van der Waals surface area contributed by atoms with Gasteiger partial charge in [-0.1, -0.05) is 42.5 Å². The van der Waals surface area contributed by atoms with E-state index in [1.165, 1.54) is 6.08 Å². The number of hydrogen-bond donors (Lipinski definition) is 1. The average molecular weight is 386 g/mol. The summed E-state index contributed by atoms with van der Waals surface area (Å²) in [5.41, 5.74) is 3.60. The van der Waals surface area contributed by atoms with Crippen LogP contribution in [0.2, 0.25) is 0 Å². The highest BCUT2D eigenvalue weighted by atomic mass is 16.3. The van der Waals surface area contributed by atoms with Crippen molar-refractivity contribution in [1.82, 2.24) is 4.90 Å². The molecule has 0 bridgehead atoms. The molecule has 1 aliphatic heterocycles. The van der Waals surface area contributed by atoms with Crippen LogP contribution < -0.4 is 5.32 Å². The second kappa shape index (κ2) is 8.19. The maximum absolute atomic E-state index is 12.2. The molecule has 0 radical (unpaired) electrons. The van der Waals surface area contributed by atoms with Gasteiger partial charge in [0.1, 0.15) is 11.5 Å². The summed E-state index contributed by atoms with van der Waals surface area (Å²) in [6.45, 7) is 2.85. The Morgan fingerprint density at radius 2 is 1.90 bits per heavy atom. The second-order valence-electron chi connectivity index (χ2n) is 7.06. The number of carbonyl (C=O) groups excluding carboxylic acids is 2. The highest BCUT2D eigenvalue weighted by Crippen LogP contribution is 2.30. The maximum Gasteiger partial charge on any atom is 0.248 e. The van der Waals surface area contributed by atoms with E-state index in [4.69, 9.17) is 4.42 Å². The average Bonchev–Trinajstić information content (AvgIpc) is 3.17. The van der Waals surface area contributed by atoms with Crippen LogP contribution in [0.3, 0.4) is 0 Å². The molecule has 5 nitrogen and oxygen atoms in total. The fourth-order valence-corrected chi connectivity index (χ4v) is 3.41. The molecule has 0 spiro atoms. The molecule has 4 rings (SSSR count). The number of furan rings is 1. The Bertz CT molecular complexity index is 1070. The van der Waals surface area contributed by atoms with Crippen LogP contribution in [-0.2, 0) is 22.6 Å². The van der Waals surface area contributed by atoms with E-state index < -0.39 is 0 Å².